The summed E-state index contributed by atoms with van der Waals surface area (Å²) in [6.45, 7) is 4.36. The Labute approximate surface area is 118 Å². The molecule has 0 atom stereocenters. The summed E-state index contributed by atoms with van der Waals surface area (Å²) >= 11 is 1.64. The maximum Gasteiger partial charge on any atom is 0.180 e. The van der Waals surface area contributed by atoms with Crippen LogP contribution in [0.25, 0.3) is 0 Å². The minimum absolute atomic E-state index is 0.443. The summed E-state index contributed by atoms with van der Waals surface area (Å²) in [6.07, 6.45) is 4.77. The van der Waals surface area contributed by atoms with Gasteiger partial charge in [0.15, 0.2) is 5.13 Å². The predicted octanol–water partition coefficient (Wildman–Crippen LogP) is 3.93. The number of hydrogen-bond acceptors (Lipinski definition) is 3. The Morgan fingerprint density at radius 3 is 2.84 bits per heavy atom. The molecule has 0 bridgehead atoms. The van der Waals surface area contributed by atoms with Crippen LogP contribution in [0, 0.1) is 0 Å². The van der Waals surface area contributed by atoms with Gasteiger partial charge in [-0.1, -0.05) is 32.0 Å². The number of rotatable bonds is 3. The second-order valence-corrected chi connectivity index (χ2v) is 6.76. The van der Waals surface area contributed by atoms with Crippen LogP contribution in [0.15, 0.2) is 18.2 Å². The molecule has 19 heavy (non-hydrogen) atoms. The lowest BCUT2D eigenvalue weighted by Gasteiger charge is -2.07. The predicted molar refractivity (Wildman–Crippen MR) is 81.9 cm³/mol. The van der Waals surface area contributed by atoms with Gasteiger partial charge in [-0.3, -0.25) is 0 Å². The van der Waals surface area contributed by atoms with Gasteiger partial charge in [0, 0.05) is 11.3 Å². The maximum atomic E-state index is 5.87. The van der Waals surface area contributed by atoms with Crippen LogP contribution in [-0.4, -0.2) is 4.98 Å². The number of nitrogens with two attached hydrogens (primary N) is 1. The van der Waals surface area contributed by atoms with Crippen molar-refractivity contribution >= 4 is 16.5 Å². The highest BCUT2D eigenvalue weighted by Crippen LogP contribution is 2.30. The van der Waals surface area contributed by atoms with E-state index in [9.17, 15) is 0 Å². The molecule has 0 unspecified atom stereocenters. The van der Waals surface area contributed by atoms with Crippen LogP contribution in [-0.2, 0) is 19.3 Å². The highest BCUT2D eigenvalue weighted by molar-refractivity contribution is 7.15. The third-order valence-electron chi connectivity index (χ3n) is 3.82. The molecule has 0 fully saturated rings. The largest absolute Gasteiger partial charge is 0.375 e. The van der Waals surface area contributed by atoms with E-state index in [1.54, 1.807) is 16.9 Å². The van der Waals surface area contributed by atoms with Crippen LogP contribution in [0.1, 0.15) is 53.4 Å². The summed E-state index contributed by atoms with van der Waals surface area (Å²) in [5.41, 5.74) is 11.5. The minimum atomic E-state index is 0.443. The third kappa shape index (κ3) is 2.52. The van der Waals surface area contributed by atoms with Crippen molar-refractivity contribution in [1.29, 1.82) is 0 Å². The first kappa shape index (κ1) is 12.7. The summed E-state index contributed by atoms with van der Waals surface area (Å²) in [7, 11) is 0. The SMILES string of the molecule is CC(C)c1nc(N)sc1Cc1ccc2c(c1)CCC2. The standard InChI is InChI=1S/C16H20N2S/c1-10(2)15-14(19-16(17)18-15)9-11-6-7-12-4-3-5-13(12)8-11/h6-8,10H,3-5,9H2,1-2H3,(H2,17,18). The number of fused-ring (bicyclic) bond motifs is 1. The molecule has 0 saturated heterocycles. The number of hydrogen-bond donors (Lipinski definition) is 1. The Kier molecular flexibility index (Phi) is 3.31. The lowest BCUT2D eigenvalue weighted by atomic mass is 10.0. The van der Waals surface area contributed by atoms with Crippen molar-refractivity contribution in [1.82, 2.24) is 4.98 Å². The minimum Gasteiger partial charge on any atom is -0.375 e. The van der Waals surface area contributed by atoms with E-state index in [1.165, 1.54) is 41.0 Å². The number of aryl methyl sites for hydroxylation is 2. The van der Waals surface area contributed by atoms with E-state index in [4.69, 9.17) is 5.73 Å². The number of thiazole rings is 1. The van der Waals surface area contributed by atoms with E-state index in [1.807, 2.05) is 0 Å². The monoisotopic (exact) mass is 272 g/mol. The molecule has 3 rings (SSSR count). The molecule has 1 aliphatic rings. The van der Waals surface area contributed by atoms with Gasteiger partial charge in [0.2, 0.25) is 0 Å². The molecule has 1 aromatic heterocycles. The third-order valence-corrected chi connectivity index (χ3v) is 4.72. The molecule has 2 nitrogen and oxygen atoms in total. The topological polar surface area (TPSA) is 38.9 Å². The first-order valence-corrected chi connectivity index (χ1v) is 7.81. The van der Waals surface area contributed by atoms with Gasteiger partial charge in [0.1, 0.15) is 0 Å². The van der Waals surface area contributed by atoms with Crippen LogP contribution < -0.4 is 5.73 Å². The highest BCUT2D eigenvalue weighted by atomic mass is 32.1. The van der Waals surface area contributed by atoms with Crippen molar-refractivity contribution in [3.05, 3.63) is 45.5 Å². The Bertz CT molecular complexity index is 599. The fourth-order valence-corrected chi connectivity index (χ4v) is 3.90. The van der Waals surface area contributed by atoms with Gasteiger partial charge in [-0.15, -0.1) is 11.3 Å². The summed E-state index contributed by atoms with van der Waals surface area (Å²) in [5, 5.41) is 0.694. The molecular weight excluding hydrogens is 252 g/mol. The molecule has 0 amide bonds. The van der Waals surface area contributed by atoms with E-state index >= 15 is 0 Å². The number of nitrogens with zero attached hydrogens (tertiary/aromatic N) is 1. The van der Waals surface area contributed by atoms with Crippen LogP contribution in [0.2, 0.25) is 0 Å². The van der Waals surface area contributed by atoms with Gasteiger partial charge in [-0.25, -0.2) is 4.98 Å². The first-order chi connectivity index (χ1) is 9.13. The molecule has 1 aromatic carbocycles. The number of benzene rings is 1. The second-order valence-electron chi connectivity index (χ2n) is 5.65. The Balaban J connectivity index is 1.89. The zero-order chi connectivity index (χ0) is 13.4. The molecule has 0 radical (unpaired) electrons. The van der Waals surface area contributed by atoms with Crippen LogP contribution in [0.3, 0.4) is 0 Å². The average molecular weight is 272 g/mol. The van der Waals surface area contributed by atoms with Gasteiger partial charge >= 0.3 is 0 Å². The smallest absolute Gasteiger partial charge is 0.180 e. The Morgan fingerprint density at radius 2 is 2.05 bits per heavy atom. The molecule has 2 aromatic rings. The van der Waals surface area contributed by atoms with E-state index in [0.717, 1.165) is 6.42 Å². The summed E-state index contributed by atoms with van der Waals surface area (Å²) < 4.78 is 0. The van der Waals surface area contributed by atoms with Gasteiger partial charge in [-0.05, 0) is 41.9 Å². The molecule has 2 N–H and O–H groups in total. The molecule has 0 saturated carbocycles. The van der Waals surface area contributed by atoms with E-state index < -0.39 is 0 Å². The fraction of sp³-hybridized carbons (Fsp3) is 0.438. The molecule has 0 aliphatic heterocycles. The Hall–Kier alpha value is -1.35. The first-order valence-electron chi connectivity index (χ1n) is 6.99. The van der Waals surface area contributed by atoms with E-state index in [2.05, 4.69) is 37.0 Å². The van der Waals surface area contributed by atoms with Crippen molar-refractivity contribution in [2.75, 3.05) is 5.73 Å². The van der Waals surface area contributed by atoms with Gasteiger partial charge in [0.05, 0.1) is 5.69 Å². The van der Waals surface area contributed by atoms with Gasteiger partial charge in [0.25, 0.3) is 0 Å². The quantitative estimate of drug-likeness (QED) is 0.919. The van der Waals surface area contributed by atoms with Gasteiger partial charge in [-0.2, -0.15) is 0 Å². The zero-order valence-corrected chi connectivity index (χ0v) is 12.4. The molecule has 100 valence electrons. The molecule has 3 heteroatoms. The summed E-state index contributed by atoms with van der Waals surface area (Å²) in [4.78, 5) is 5.80. The van der Waals surface area contributed by atoms with Gasteiger partial charge < -0.3 is 5.73 Å². The molecule has 0 spiro atoms. The van der Waals surface area contributed by atoms with Crippen LogP contribution >= 0.6 is 11.3 Å². The lowest BCUT2D eigenvalue weighted by Crippen LogP contribution is -1.96. The summed E-state index contributed by atoms with van der Waals surface area (Å²) in [6, 6.07) is 6.95. The average Bonchev–Trinajstić information content (AvgIpc) is 2.95. The second kappa shape index (κ2) is 4.97. The van der Waals surface area contributed by atoms with Crippen molar-refractivity contribution in [3.63, 3.8) is 0 Å². The Morgan fingerprint density at radius 1 is 1.26 bits per heavy atom. The normalized spacial score (nSPS) is 14.1. The maximum absolute atomic E-state index is 5.87. The number of nitrogen functional groups attached to an aromatic ring is 1. The van der Waals surface area contributed by atoms with Crippen LogP contribution in [0.4, 0.5) is 5.13 Å². The molecular formula is C16H20N2S. The molecule has 1 heterocycles. The highest BCUT2D eigenvalue weighted by Gasteiger charge is 2.15. The van der Waals surface area contributed by atoms with Crippen LogP contribution in [0.5, 0.6) is 0 Å². The number of anilines is 1. The zero-order valence-electron chi connectivity index (χ0n) is 11.6. The van der Waals surface area contributed by atoms with Crippen molar-refractivity contribution in [3.8, 4) is 0 Å². The van der Waals surface area contributed by atoms with Crippen molar-refractivity contribution < 1.29 is 0 Å². The molecule has 1 aliphatic carbocycles. The number of aromatic nitrogens is 1. The van der Waals surface area contributed by atoms with E-state index in [-0.39, 0.29) is 0 Å². The van der Waals surface area contributed by atoms with Crippen molar-refractivity contribution in [2.24, 2.45) is 0 Å². The van der Waals surface area contributed by atoms with E-state index in [0.29, 0.717) is 11.0 Å². The fourth-order valence-electron chi connectivity index (χ4n) is 2.88. The van der Waals surface area contributed by atoms with Crippen molar-refractivity contribution in [2.45, 2.75) is 45.4 Å². The summed E-state index contributed by atoms with van der Waals surface area (Å²) in [5.74, 6) is 0.443. The lowest BCUT2D eigenvalue weighted by molar-refractivity contribution is 0.820.